The van der Waals surface area contributed by atoms with E-state index < -0.39 is 0 Å². The van der Waals surface area contributed by atoms with Crippen LogP contribution in [0.3, 0.4) is 0 Å². The summed E-state index contributed by atoms with van der Waals surface area (Å²) in [6.45, 7) is 1.74. The molecule has 0 atom stereocenters. The third kappa shape index (κ3) is 2.21. The highest BCUT2D eigenvalue weighted by Crippen LogP contribution is 2.29. The molecule has 15 heavy (non-hydrogen) atoms. The number of anilines is 1. The molecule has 1 aromatic rings. The number of ether oxygens (including phenoxy) is 1. The number of benzene rings is 1. The van der Waals surface area contributed by atoms with E-state index in [0.717, 1.165) is 24.4 Å². The number of para-hydroxylation sites is 2. The molecule has 80 valence electrons. The lowest BCUT2D eigenvalue weighted by molar-refractivity contribution is -0.116. The third-order valence-corrected chi connectivity index (χ3v) is 2.38. The second-order valence-corrected chi connectivity index (χ2v) is 3.56. The zero-order valence-electron chi connectivity index (χ0n) is 8.48. The zero-order valence-corrected chi connectivity index (χ0v) is 8.48. The van der Waals surface area contributed by atoms with Gasteiger partial charge in [-0.25, -0.2) is 0 Å². The Hall–Kier alpha value is -1.71. The molecule has 2 N–H and O–H groups in total. The minimum atomic E-state index is -0.313. The molecule has 1 aliphatic rings. The van der Waals surface area contributed by atoms with E-state index in [2.05, 4.69) is 0 Å². The van der Waals surface area contributed by atoms with Crippen molar-refractivity contribution in [3.8, 4) is 5.75 Å². The number of carbonyl (C=O) groups is 1. The lowest BCUT2D eigenvalue weighted by atomic mass is 10.2. The van der Waals surface area contributed by atoms with Crippen molar-refractivity contribution in [1.29, 1.82) is 0 Å². The minimum Gasteiger partial charge on any atom is -0.491 e. The fraction of sp³-hybridized carbons (Fsp3) is 0.364. The summed E-state index contributed by atoms with van der Waals surface area (Å²) in [7, 11) is 0. The standard InChI is InChI=1S/C11H14N2O2/c12-11(14)8-13-6-3-7-15-10-5-2-1-4-9(10)13/h1-2,4-5H,3,6-8H2,(H2,12,14). The second-order valence-electron chi connectivity index (χ2n) is 3.56. The molecule has 4 nitrogen and oxygen atoms in total. The Balaban J connectivity index is 2.28. The molecule has 2 rings (SSSR count). The normalized spacial score (nSPS) is 15.1. The van der Waals surface area contributed by atoms with Crippen LogP contribution in [0.15, 0.2) is 24.3 Å². The van der Waals surface area contributed by atoms with Crippen molar-refractivity contribution < 1.29 is 9.53 Å². The number of nitrogens with two attached hydrogens (primary N) is 1. The van der Waals surface area contributed by atoms with Gasteiger partial charge in [0.05, 0.1) is 18.8 Å². The van der Waals surface area contributed by atoms with Crippen LogP contribution in [0.2, 0.25) is 0 Å². The highest BCUT2D eigenvalue weighted by atomic mass is 16.5. The van der Waals surface area contributed by atoms with Crippen molar-refractivity contribution in [3.05, 3.63) is 24.3 Å². The summed E-state index contributed by atoms with van der Waals surface area (Å²) in [4.78, 5) is 12.9. The van der Waals surface area contributed by atoms with E-state index in [0.29, 0.717) is 6.61 Å². The Morgan fingerprint density at radius 1 is 1.47 bits per heavy atom. The number of fused-ring (bicyclic) bond motifs is 1. The van der Waals surface area contributed by atoms with E-state index >= 15 is 0 Å². The average molecular weight is 206 g/mol. The van der Waals surface area contributed by atoms with Crippen LogP contribution in [-0.2, 0) is 4.79 Å². The third-order valence-electron chi connectivity index (χ3n) is 2.38. The number of primary amides is 1. The summed E-state index contributed by atoms with van der Waals surface area (Å²) < 4.78 is 5.57. The Kier molecular flexibility index (Phi) is 2.76. The average Bonchev–Trinajstić information content (AvgIpc) is 2.41. The fourth-order valence-corrected chi connectivity index (χ4v) is 1.75. The van der Waals surface area contributed by atoms with Crippen LogP contribution in [0, 0.1) is 0 Å². The Bertz CT molecular complexity index is 365. The van der Waals surface area contributed by atoms with Crippen LogP contribution in [-0.4, -0.2) is 25.6 Å². The van der Waals surface area contributed by atoms with E-state index in [1.54, 1.807) is 0 Å². The summed E-state index contributed by atoms with van der Waals surface area (Å²) in [5.41, 5.74) is 6.16. The molecule has 1 heterocycles. The predicted octanol–water partition coefficient (Wildman–Crippen LogP) is 0.761. The molecule has 1 amide bonds. The largest absolute Gasteiger partial charge is 0.491 e. The molecule has 0 bridgehead atoms. The van der Waals surface area contributed by atoms with E-state index in [1.807, 2.05) is 29.2 Å². The van der Waals surface area contributed by atoms with E-state index in [1.165, 1.54) is 0 Å². The quantitative estimate of drug-likeness (QED) is 0.777. The predicted molar refractivity (Wildman–Crippen MR) is 58.0 cm³/mol. The number of rotatable bonds is 2. The molecule has 1 aliphatic heterocycles. The van der Waals surface area contributed by atoms with Crippen LogP contribution in [0.1, 0.15) is 6.42 Å². The van der Waals surface area contributed by atoms with Gasteiger partial charge < -0.3 is 15.4 Å². The van der Waals surface area contributed by atoms with Gasteiger partial charge in [0.2, 0.25) is 5.91 Å². The molecular weight excluding hydrogens is 192 g/mol. The van der Waals surface area contributed by atoms with Crippen molar-refractivity contribution in [2.45, 2.75) is 6.42 Å². The van der Waals surface area contributed by atoms with E-state index in [4.69, 9.17) is 10.5 Å². The maximum absolute atomic E-state index is 10.9. The van der Waals surface area contributed by atoms with Gasteiger partial charge >= 0.3 is 0 Å². The SMILES string of the molecule is NC(=O)CN1CCCOc2ccccc21. The van der Waals surface area contributed by atoms with Gasteiger partial charge in [0.25, 0.3) is 0 Å². The molecule has 0 spiro atoms. The number of hydrogen-bond acceptors (Lipinski definition) is 3. The van der Waals surface area contributed by atoms with Gasteiger partial charge in [-0.05, 0) is 18.6 Å². The zero-order chi connectivity index (χ0) is 10.7. The molecule has 0 radical (unpaired) electrons. The first kappa shape index (κ1) is 9.83. The van der Waals surface area contributed by atoms with Gasteiger partial charge in [-0.2, -0.15) is 0 Å². The van der Waals surface area contributed by atoms with E-state index in [9.17, 15) is 4.79 Å². The molecule has 0 aromatic heterocycles. The first-order chi connectivity index (χ1) is 7.27. The Morgan fingerprint density at radius 3 is 3.07 bits per heavy atom. The van der Waals surface area contributed by atoms with Gasteiger partial charge in [-0.3, -0.25) is 4.79 Å². The Labute approximate surface area is 88.6 Å². The summed E-state index contributed by atoms with van der Waals surface area (Å²) in [6.07, 6.45) is 0.905. The van der Waals surface area contributed by atoms with Gasteiger partial charge in [0, 0.05) is 6.54 Å². The summed E-state index contributed by atoms with van der Waals surface area (Å²) in [5.74, 6) is 0.517. The number of nitrogens with zero attached hydrogens (tertiary/aromatic N) is 1. The molecule has 1 aromatic carbocycles. The highest BCUT2D eigenvalue weighted by Gasteiger charge is 2.16. The van der Waals surface area contributed by atoms with Crippen molar-refractivity contribution in [1.82, 2.24) is 0 Å². The van der Waals surface area contributed by atoms with Crippen LogP contribution in [0.5, 0.6) is 5.75 Å². The second kappa shape index (κ2) is 4.21. The molecular formula is C11H14N2O2. The van der Waals surface area contributed by atoms with Crippen LogP contribution >= 0.6 is 0 Å². The molecule has 0 saturated carbocycles. The van der Waals surface area contributed by atoms with Crippen molar-refractivity contribution in [3.63, 3.8) is 0 Å². The van der Waals surface area contributed by atoms with Crippen LogP contribution < -0.4 is 15.4 Å². The summed E-state index contributed by atoms with van der Waals surface area (Å²) >= 11 is 0. The molecule has 0 unspecified atom stereocenters. The van der Waals surface area contributed by atoms with Gasteiger partial charge in [-0.15, -0.1) is 0 Å². The smallest absolute Gasteiger partial charge is 0.236 e. The van der Waals surface area contributed by atoms with Gasteiger partial charge in [0.1, 0.15) is 5.75 Å². The van der Waals surface area contributed by atoms with Gasteiger partial charge in [0.15, 0.2) is 0 Å². The summed E-state index contributed by atoms with van der Waals surface area (Å²) in [5, 5.41) is 0. The fourth-order valence-electron chi connectivity index (χ4n) is 1.75. The number of amides is 1. The lowest BCUT2D eigenvalue weighted by Gasteiger charge is -2.21. The molecule has 0 aliphatic carbocycles. The number of carbonyl (C=O) groups excluding carboxylic acids is 1. The van der Waals surface area contributed by atoms with E-state index in [-0.39, 0.29) is 12.5 Å². The lowest BCUT2D eigenvalue weighted by Crippen LogP contribution is -2.34. The Morgan fingerprint density at radius 2 is 2.27 bits per heavy atom. The maximum atomic E-state index is 10.9. The highest BCUT2D eigenvalue weighted by molar-refractivity contribution is 5.80. The molecule has 4 heteroatoms. The molecule has 0 saturated heterocycles. The number of hydrogen-bond donors (Lipinski definition) is 1. The summed E-state index contributed by atoms with van der Waals surface area (Å²) in [6, 6.07) is 7.71. The first-order valence-electron chi connectivity index (χ1n) is 5.02. The van der Waals surface area contributed by atoms with Crippen molar-refractivity contribution >= 4 is 11.6 Å². The topological polar surface area (TPSA) is 55.6 Å². The van der Waals surface area contributed by atoms with Crippen molar-refractivity contribution in [2.75, 3.05) is 24.6 Å². The maximum Gasteiger partial charge on any atom is 0.236 e. The van der Waals surface area contributed by atoms with Crippen LogP contribution in [0.25, 0.3) is 0 Å². The first-order valence-corrected chi connectivity index (χ1v) is 5.02. The van der Waals surface area contributed by atoms with Gasteiger partial charge in [-0.1, -0.05) is 12.1 Å². The monoisotopic (exact) mass is 206 g/mol. The van der Waals surface area contributed by atoms with Crippen molar-refractivity contribution in [2.24, 2.45) is 5.73 Å². The molecule has 0 fully saturated rings. The minimum absolute atomic E-state index is 0.250. The van der Waals surface area contributed by atoms with Crippen LogP contribution in [0.4, 0.5) is 5.69 Å².